The Balaban J connectivity index is 2.94. The van der Waals surface area contributed by atoms with Crippen molar-refractivity contribution in [2.24, 2.45) is 0 Å². The number of hydrogen-bond donors (Lipinski definition) is 1. The van der Waals surface area contributed by atoms with Gasteiger partial charge in [-0.15, -0.1) is 0 Å². The van der Waals surface area contributed by atoms with Crippen molar-refractivity contribution in [1.82, 2.24) is 4.98 Å². The van der Waals surface area contributed by atoms with Gasteiger partial charge in [0, 0.05) is 0 Å². The molecule has 1 aromatic heterocycles. The Hall–Kier alpha value is -1.64. The number of fused-ring (bicyclic) bond motifs is 1. The molecular weight excluding hydrogens is 140 g/mol. The first-order valence-corrected chi connectivity index (χ1v) is 3.26. The molecule has 0 aliphatic rings. The van der Waals surface area contributed by atoms with Crippen LogP contribution in [0.25, 0.3) is 11.1 Å². The van der Waals surface area contributed by atoms with Gasteiger partial charge in [-0.25, -0.2) is 4.98 Å². The summed E-state index contributed by atoms with van der Waals surface area (Å²) in [6.45, 7) is 0. The molecule has 0 radical (unpaired) electrons. The number of benzene rings is 1. The third-order valence-corrected chi connectivity index (χ3v) is 1.41. The molecule has 0 saturated carbocycles. The molecule has 1 aromatic carbocycles. The van der Waals surface area contributed by atoms with E-state index in [4.69, 9.17) is 9.83 Å². The molecule has 0 saturated heterocycles. The lowest BCUT2D eigenvalue weighted by Gasteiger charge is -1.91. The molecule has 54 valence electrons. The minimum absolute atomic E-state index is 0.0868. The van der Waals surface area contributed by atoms with Crippen LogP contribution in [0.5, 0.6) is 0 Å². The van der Waals surface area contributed by atoms with Crippen molar-refractivity contribution in [1.29, 1.82) is 5.41 Å². The van der Waals surface area contributed by atoms with Gasteiger partial charge in [0.2, 0.25) is 5.55 Å². The Kier molecular flexibility index (Phi) is 1.22. The van der Waals surface area contributed by atoms with Crippen molar-refractivity contribution in [3.05, 3.63) is 36.0 Å². The van der Waals surface area contributed by atoms with Gasteiger partial charge in [0.25, 0.3) is 0 Å². The van der Waals surface area contributed by atoms with E-state index in [1.54, 1.807) is 6.07 Å². The van der Waals surface area contributed by atoms with Crippen LogP contribution in [0.3, 0.4) is 0 Å². The predicted molar refractivity (Wildman–Crippen MR) is 39.9 cm³/mol. The highest BCUT2D eigenvalue weighted by Gasteiger charge is 1.92. The molecule has 0 atom stereocenters. The van der Waals surface area contributed by atoms with E-state index >= 15 is 0 Å². The molecule has 3 heteroatoms. The number of aromatic nitrogens is 1. The zero-order valence-electron chi connectivity index (χ0n) is 5.74. The van der Waals surface area contributed by atoms with Crippen molar-refractivity contribution in [3.8, 4) is 0 Å². The lowest BCUT2D eigenvalue weighted by molar-refractivity contribution is 0.527. The summed E-state index contributed by atoms with van der Waals surface area (Å²) in [6, 6.07) is 7.38. The van der Waals surface area contributed by atoms with E-state index in [2.05, 4.69) is 4.98 Å². The van der Waals surface area contributed by atoms with Crippen molar-refractivity contribution >= 4 is 11.1 Å². The fraction of sp³-hybridized carbons (Fsp3) is 0. The van der Waals surface area contributed by atoms with Gasteiger partial charge in [0.05, 0.1) is 6.20 Å². The molecule has 1 N–H and O–H groups in total. The van der Waals surface area contributed by atoms with E-state index in [0.717, 1.165) is 5.52 Å². The molecular formula is C8H6N2O. The van der Waals surface area contributed by atoms with Crippen molar-refractivity contribution in [2.45, 2.75) is 0 Å². The van der Waals surface area contributed by atoms with Crippen LogP contribution in [0.4, 0.5) is 0 Å². The standard InChI is InChI=1S/C8H6N2O/c9-8-5-10-6-3-1-2-4-7(6)11-8/h1-5,9H. The van der Waals surface area contributed by atoms with Crippen LogP contribution in [0.15, 0.2) is 34.9 Å². The minimum atomic E-state index is 0.0868. The van der Waals surface area contributed by atoms with Gasteiger partial charge in [0.1, 0.15) is 5.52 Å². The van der Waals surface area contributed by atoms with Gasteiger partial charge in [-0.2, -0.15) is 0 Å². The van der Waals surface area contributed by atoms with Gasteiger partial charge < -0.3 is 4.42 Å². The van der Waals surface area contributed by atoms with Crippen LogP contribution in [0, 0.1) is 5.41 Å². The monoisotopic (exact) mass is 146 g/mol. The third kappa shape index (κ3) is 1.00. The predicted octanol–water partition coefficient (Wildman–Crippen LogP) is 1.31. The van der Waals surface area contributed by atoms with Gasteiger partial charge in [-0.1, -0.05) is 12.1 Å². The second-order valence-corrected chi connectivity index (χ2v) is 2.19. The van der Waals surface area contributed by atoms with E-state index in [1.807, 2.05) is 18.2 Å². The van der Waals surface area contributed by atoms with Gasteiger partial charge >= 0.3 is 0 Å². The van der Waals surface area contributed by atoms with Crippen LogP contribution in [-0.4, -0.2) is 4.98 Å². The summed E-state index contributed by atoms with van der Waals surface area (Å²) in [6.07, 6.45) is 1.39. The highest BCUT2D eigenvalue weighted by atomic mass is 16.3. The van der Waals surface area contributed by atoms with Crippen molar-refractivity contribution < 1.29 is 4.42 Å². The molecule has 1 heterocycles. The molecule has 0 bridgehead atoms. The topological polar surface area (TPSA) is 49.9 Å². The fourth-order valence-corrected chi connectivity index (χ4v) is 0.923. The molecule has 0 unspecified atom stereocenters. The number of rotatable bonds is 0. The van der Waals surface area contributed by atoms with Crippen LogP contribution >= 0.6 is 0 Å². The molecule has 0 amide bonds. The zero-order valence-corrected chi connectivity index (χ0v) is 5.74. The summed E-state index contributed by atoms with van der Waals surface area (Å²) in [5, 5.41) is 7.15. The highest BCUT2D eigenvalue weighted by molar-refractivity contribution is 5.70. The van der Waals surface area contributed by atoms with Gasteiger partial charge in [-0.05, 0) is 12.1 Å². The quantitative estimate of drug-likeness (QED) is 0.609. The first kappa shape index (κ1) is 6.09. The van der Waals surface area contributed by atoms with Crippen LogP contribution < -0.4 is 5.55 Å². The lowest BCUT2D eigenvalue weighted by atomic mass is 10.3. The molecule has 0 spiro atoms. The maximum absolute atomic E-state index is 7.15. The Morgan fingerprint density at radius 1 is 1.27 bits per heavy atom. The van der Waals surface area contributed by atoms with E-state index in [9.17, 15) is 0 Å². The van der Waals surface area contributed by atoms with Gasteiger partial charge in [0.15, 0.2) is 5.58 Å². The van der Waals surface area contributed by atoms with Crippen molar-refractivity contribution in [2.75, 3.05) is 0 Å². The van der Waals surface area contributed by atoms with Crippen LogP contribution in [0.1, 0.15) is 0 Å². The van der Waals surface area contributed by atoms with E-state index in [0.29, 0.717) is 5.58 Å². The second-order valence-electron chi connectivity index (χ2n) is 2.19. The Bertz CT molecular complexity index is 433. The van der Waals surface area contributed by atoms with Crippen molar-refractivity contribution in [3.63, 3.8) is 0 Å². The average Bonchev–Trinajstić information content (AvgIpc) is 2.04. The first-order chi connectivity index (χ1) is 5.36. The Morgan fingerprint density at radius 2 is 2.09 bits per heavy atom. The fourth-order valence-electron chi connectivity index (χ4n) is 0.923. The van der Waals surface area contributed by atoms with Crippen LogP contribution in [0.2, 0.25) is 0 Å². The maximum Gasteiger partial charge on any atom is 0.230 e. The smallest absolute Gasteiger partial charge is 0.230 e. The molecule has 0 fully saturated rings. The van der Waals surface area contributed by atoms with Crippen LogP contribution in [-0.2, 0) is 0 Å². The Morgan fingerprint density at radius 3 is 3.00 bits per heavy atom. The molecule has 3 nitrogen and oxygen atoms in total. The normalized spacial score (nSPS) is 10.2. The van der Waals surface area contributed by atoms with Gasteiger partial charge in [-0.3, -0.25) is 5.41 Å². The molecule has 0 aliphatic carbocycles. The van der Waals surface area contributed by atoms with E-state index in [-0.39, 0.29) is 5.55 Å². The van der Waals surface area contributed by atoms with E-state index in [1.165, 1.54) is 6.20 Å². The Labute approximate surface area is 62.8 Å². The molecule has 0 aliphatic heterocycles. The third-order valence-electron chi connectivity index (χ3n) is 1.41. The molecule has 2 rings (SSSR count). The zero-order chi connectivity index (χ0) is 7.68. The highest BCUT2D eigenvalue weighted by Crippen LogP contribution is 2.05. The summed E-state index contributed by atoms with van der Waals surface area (Å²) in [4.78, 5) is 4.00. The number of para-hydroxylation sites is 2. The lowest BCUT2D eigenvalue weighted by Crippen LogP contribution is -1.97. The summed E-state index contributed by atoms with van der Waals surface area (Å²) >= 11 is 0. The number of hydrogen-bond acceptors (Lipinski definition) is 3. The molecule has 2 aromatic rings. The second kappa shape index (κ2) is 2.20. The number of nitrogens with zero attached hydrogens (tertiary/aromatic N) is 1. The average molecular weight is 146 g/mol. The summed E-state index contributed by atoms with van der Waals surface area (Å²) in [7, 11) is 0. The SMILES string of the molecule is N=c1cnc2ccccc2o1. The largest absolute Gasteiger partial charge is 0.436 e. The minimum Gasteiger partial charge on any atom is -0.436 e. The maximum atomic E-state index is 7.15. The molecule has 11 heavy (non-hydrogen) atoms. The van der Waals surface area contributed by atoms with E-state index < -0.39 is 0 Å². The summed E-state index contributed by atoms with van der Waals surface area (Å²) < 4.78 is 5.07. The summed E-state index contributed by atoms with van der Waals surface area (Å²) in [5.74, 6) is 0. The first-order valence-electron chi connectivity index (χ1n) is 3.26. The number of nitrogens with one attached hydrogen (secondary N) is 1. The summed E-state index contributed by atoms with van der Waals surface area (Å²) in [5.41, 5.74) is 1.52.